The number of likely N-dealkylation sites (N-methyl/N-ethyl adjacent to an activating group) is 1. The Hall–Kier alpha value is -3.40. The molecule has 4 nitrogen and oxygen atoms in total. The Morgan fingerprint density at radius 2 is 1.44 bits per heavy atom. The van der Waals surface area contributed by atoms with Crippen molar-refractivity contribution >= 4 is 17.5 Å². The van der Waals surface area contributed by atoms with E-state index in [0.717, 1.165) is 16.7 Å². The first-order valence-electron chi connectivity index (χ1n) is 8.88. The Bertz CT molecular complexity index is 919. The molecule has 136 valence electrons. The molecule has 2 N–H and O–H groups in total. The largest absolute Gasteiger partial charge is 0.359 e. The average molecular weight is 358 g/mol. The van der Waals surface area contributed by atoms with Crippen LogP contribution in [0.4, 0.5) is 5.69 Å². The molecule has 0 saturated carbocycles. The molecule has 0 saturated heterocycles. The smallest absolute Gasteiger partial charge is 0.255 e. The van der Waals surface area contributed by atoms with Gasteiger partial charge in [0.25, 0.3) is 5.91 Å². The molecule has 4 heteroatoms. The zero-order chi connectivity index (χ0) is 19.1. The number of carbonyl (C=O) groups is 2. The Kier molecular flexibility index (Phi) is 6.00. The monoisotopic (exact) mass is 358 g/mol. The molecule has 0 atom stereocenters. The second-order valence-corrected chi connectivity index (χ2v) is 6.32. The molecule has 0 aliphatic rings. The second kappa shape index (κ2) is 8.81. The summed E-state index contributed by atoms with van der Waals surface area (Å²) < 4.78 is 0. The molecule has 0 aliphatic carbocycles. The van der Waals surface area contributed by atoms with Crippen molar-refractivity contribution in [1.29, 1.82) is 0 Å². The third-order valence-electron chi connectivity index (χ3n) is 4.35. The Morgan fingerprint density at radius 3 is 2.15 bits per heavy atom. The van der Waals surface area contributed by atoms with Gasteiger partial charge in [-0.3, -0.25) is 9.59 Å². The molecule has 0 unspecified atom stereocenters. The van der Waals surface area contributed by atoms with Crippen LogP contribution in [0.25, 0.3) is 0 Å². The first-order chi connectivity index (χ1) is 13.2. The molecule has 27 heavy (non-hydrogen) atoms. The second-order valence-electron chi connectivity index (χ2n) is 6.32. The summed E-state index contributed by atoms with van der Waals surface area (Å²) in [5, 5.41) is 5.54. The van der Waals surface area contributed by atoms with Gasteiger partial charge in [0, 0.05) is 18.3 Å². The minimum Gasteiger partial charge on any atom is -0.359 e. The SMILES string of the molecule is CNC(=O)Cc1ccc(NC(=O)c2ccccc2Cc2ccccc2)cc1. The van der Waals surface area contributed by atoms with Crippen LogP contribution >= 0.6 is 0 Å². The van der Waals surface area contributed by atoms with Gasteiger partial charge in [-0.2, -0.15) is 0 Å². The van der Waals surface area contributed by atoms with Crippen molar-refractivity contribution in [3.8, 4) is 0 Å². The lowest BCUT2D eigenvalue weighted by atomic mass is 9.99. The molecule has 0 aliphatic heterocycles. The number of hydrogen-bond acceptors (Lipinski definition) is 2. The summed E-state index contributed by atoms with van der Waals surface area (Å²) in [6, 6.07) is 25.1. The fourth-order valence-electron chi connectivity index (χ4n) is 2.89. The fourth-order valence-corrected chi connectivity index (χ4v) is 2.89. The summed E-state index contributed by atoms with van der Waals surface area (Å²) in [4.78, 5) is 24.2. The van der Waals surface area contributed by atoms with Gasteiger partial charge in [0.05, 0.1) is 6.42 Å². The van der Waals surface area contributed by atoms with Gasteiger partial charge in [-0.1, -0.05) is 60.7 Å². The van der Waals surface area contributed by atoms with Gasteiger partial charge in [-0.25, -0.2) is 0 Å². The lowest BCUT2D eigenvalue weighted by Crippen LogP contribution is -2.20. The van der Waals surface area contributed by atoms with Crippen LogP contribution in [-0.2, 0) is 17.6 Å². The molecule has 2 amide bonds. The maximum absolute atomic E-state index is 12.8. The van der Waals surface area contributed by atoms with E-state index in [0.29, 0.717) is 24.1 Å². The molecular formula is C23H22N2O2. The summed E-state index contributed by atoms with van der Waals surface area (Å²) in [5.74, 6) is -0.179. The van der Waals surface area contributed by atoms with Crippen LogP contribution in [0.15, 0.2) is 78.9 Å². The van der Waals surface area contributed by atoms with Crippen LogP contribution in [0.1, 0.15) is 27.0 Å². The number of carbonyl (C=O) groups excluding carboxylic acids is 2. The third kappa shape index (κ3) is 5.05. The van der Waals surface area contributed by atoms with E-state index >= 15 is 0 Å². The fraction of sp³-hybridized carbons (Fsp3) is 0.130. The van der Waals surface area contributed by atoms with Crippen LogP contribution in [0.3, 0.4) is 0 Å². The Morgan fingerprint density at radius 1 is 0.778 bits per heavy atom. The molecule has 3 aromatic carbocycles. The van der Waals surface area contributed by atoms with Gasteiger partial charge < -0.3 is 10.6 Å². The molecule has 0 radical (unpaired) electrons. The van der Waals surface area contributed by atoms with E-state index in [4.69, 9.17) is 0 Å². The standard InChI is InChI=1S/C23H22N2O2/c1-24-22(26)16-18-11-13-20(14-12-18)25-23(27)21-10-6-5-9-19(21)15-17-7-3-2-4-8-17/h2-14H,15-16H2,1H3,(H,24,26)(H,25,27). The average Bonchev–Trinajstić information content (AvgIpc) is 2.70. The number of benzene rings is 3. The highest BCUT2D eigenvalue weighted by Gasteiger charge is 2.12. The van der Waals surface area contributed by atoms with E-state index in [1.807, 2.05) is 66.7 Å². The summed E-state index contributed by atoms with van der Waals surface area (Å²) in [6.45, 7) is 0. The van der Waals surface area contributed by atoms with E-state index in [9.17, 15) is 9.59 Å². The highest BCUT2D eigenvalue weighted by Crippen LogP contribution is 2.17. The minimum atomic E-state index is -0.138. The number of rotatable bonds is 6. The molecule has 0 bridgehead atoms. The van der Waals surface area contributed by atoms with E-state index in [2.05, 4.69) is 22.8 Å². The van der Waals surface area contributed by atoms with Crippen molar-refractivity contribution in [2.45, 2.75) is 12.8 Å². The van der Waals surface area contributed by atoms with Crippen LogP contribution in [0.5, 0.6) is 0 Å². The van der Waals surface area contributed by atoms with E-state index < -0.39 is 0 Å². The van der Waals surface area contributed by atoms with Gasteiger partial charge in [0.2, 0.25) is 5.91 Å². The van der Waals surface area contributed by atoms with Crippen molar-refractivity contribution in [2.24, 2.45) is 0 Å². The Labute approximate surface area is 159 Å². The lowest BCUT2D eigenvalue weighted by molar-refractivity contribution is -0.119. The van der Waals surface area contributed by atoms with Crippen molar-refractivity contribution in [1.82, 2.24) is 5.32 Å². The van der Waals surface area contributed by atoms with Crippen LogP contribution in [0, 0.1) is 0 Å². The van der Waals surface area contributed by atoms with E-state index in [-0.39, 0.29) is 11.8 Å². The van der Waals surface area contributed by atoms with Gasteiger partial charge in [0.15, 0.2) is 0 Å². The highest BCUT2D eigenvalue weighted by atomic mass is 16.2. The quantitative estimate of drug-likeness (QED) is 0.704. The van der Waals surface area contributed by atoms with Crippen LogP contribution < -0.4 is 10.6 Å². The van der Waals surface area contributed by atoms with Crippen LogP contribution in [0.2, 0.25) is 0 Å². The maximum atomic E-state index is 12.8. The first-order valence-corrected chi connectivity index (χ1v) is 8.88. The molecule has 0 spiro atoms. The Balaban J connectivity index is 1.72. The lowest BCUT2D eigenvalue weighted by Gasteiger charge is -2.11. The summed E-state index contributed by atoms with van der Waals surface area (Å²) in [7, 11) is 1.61. The zero-order valence-electron chi connectivity index (χ0n) is 15.2. The minimum absolute atomic E-state index is 0.0402. The molecule has 3 aromatic rings. The molecular weight excluding hydrogens is 336 g/mol. The highest BCUT2D eigenvalue weighted by molar-refractivity contribution is 6.05. The summed E-state index contributed by atoms with van der Waals surface area (Å²) in [6.07, 6.45) is 1.03. The first kappa shape index (κ1) is 18.4. The molecule has 0 fully saturated rings. The zero-order valence-corrected chi connectivity index (χ0v) is 15.2. The van der Waals surface area contributed by atoms with Gasteiger partial charge in [-0.15, -0.1) is 0 Å². The van der Waals surface area contributed by atoms with Crippen molar-refractivity contribution in [3.05, 3.63) is 101 Å². The maximum Gasteiger partial charge on any atom is 0.255 e. The number of hydrogen-bond donors (Lipinski definition) is 2. The number of nitrogens with one attached hydrogen (secondary N) is 2. The predicted molar refractivity (Wildman–Crippen MR) is 108 cm³/mol. The topological polar surface area (TPSA) is 58.2 Å². The molecule has 0 aromatic heterocycles. The van der Waals surface area contributed by atoms with Gasteiger partial charge in [-0.05, 0) is 41.3 Å². The van der Waals surface area contributed by atoms with Gasteiger partial charge in [0.1, 0.15) is 0 Å². The number of amides is 2. The van der Waals surface area contributed by atoms with Crippen molar-refractivity contribution in [3.63, 3.8) is 0 Å². The van der Waals surface area contributed by atoms with E-state index in [1.54, 1.807) is 7.05 Å². The van der Waals surface area contributed by atoms with Gasteiger partial charge >= 0.3 is 0 Å². The van der Waals surface area contributed by atoms with Crippen molar-refractivity contribution in [2.75, 3.05) is 12.4 Å². The molecule has 0 heterocycles. The van der Waals surface area contributed by atoms with Crippen molar-refractivity contribution < 1.29 is 9.59 Å². The molecule has 3 rings (SSSR count). The van der Waals surface area contributed by atoms with E-state index in [1.165, 1.54) is 0 Å². The summed E-state index contributed by atoms with van der Waals surface area (Å²) >= 11 is 0. The number of anilines is 1. The predicted octanol–water partition coefficient (Wildman–Crippen LogP) is 3.82. The van der Waals surface area contributed by atoms with Crippen LogP contribution in [-0.4, -0.2) is 18.9 Å². The third-order valence-corrected chi connectivity index (χ3v) is 4.35. The normalized spacial score (nSPS) is 10.3. The summed E-state index contributed by atoms with van der Waals surface area (Å²) in [5.41, 5.74) is 4.41.